The van der Waals surface area contributed by atoms with Gasteiger partial charge in [-0.15, -0.1) is 11.3 Å². The molecule has 0 spiro atoms. The average Bonchev–Trinajstić information content (AvgIpc) is 2.80. The number of nitrogens with zero attached hydrogens (tertiary/aromatic N) is 1. The SMILES string of the molecule is Cc1cccc(C(=O)O)c1OCc1cncs1. The largest absolute Gasteiger partial charge is 0.487 e. The molecule has 88 valence electrons. The minimum Gasteiger partial charge on any atom is -0.487 e. The van der Waals surface area contributed by atoms with Crippen LogP contribution in [0.2, 0.25) is 0 Å². The molecule has 2 rings (SSSR count). The van der Waals surface area contributed by atoms with Crippen molar-refractivity contribution in [2.24, 2.45) is 0 Å². The molecule has 2 aromatic rings. The lowest BCUT2D eigenvalue weighted by atomic mass is 10.1. The van der Waals surface area contributed by atoms with E-state index < -0.39 is 5.97 Å². The summed E-state index contributed by atoms with van der Waals surface area (Å²) >= 11 is 1.48. The Kier molecular flexibility index (Phi) is 3.39. The van der Waals surface area contributed by atoms with Crippen molar-refractivity contribution in [2.45, 2.75) is 13.5 Å². The number of rotatable bonds is 4. The van der Waals surface area contributed by atoms with Gasteiger partial charge < -0.3 is 9.84 Å². The summed E-state index contributed by atoms with van der Waals surface area (Å²) in [7, 11) is 0. The van der Waals surface area contributed by atoms with Gasteiger partial charge in [-0.1, -0.05) is 12.1 Å². The van der Waals surface area contributed by atoms with Gasteiger partial charge in [0, 0.05) is 6.20 Å². The van der Waals surface area contributed by atoms with Crippen LogP contribution in [-0.2, 0) is 6.61 Å². The molecular weight excluding hydrogens is 238 g/mol. The summed E-state index contributed by atoms with van der Waals surface area (Å²) < 4.78 is 5.56. The zero-order valence-electron chi connectivity index (χ0n) is 9.21. The van der Waals surface area contributed by atoms with Crippen molar-refractivity contribution < 1.29 is 14.6 Å². The quantitative estimate of drug-likeness (QED) is 0.905. The lowest BCUT2D eigenvalue weighted by Crippen LogP contribution is -2.04. The third kappa shape index (κ3) is 2.62. The van der Waals surface area contributed by atoms with Gasteiger partial charge in [-0.2, -0.15) is 0 Å². The van der Waals surface area contributed by atoms with E-state index in [1.807, 2.05) is 13.0 Å². The second-order valence-corrected chi connectivity index (χ2v) is 4.48. The van der Waals surface area contributed by atoms with Gasteiger partial charge in [0.25, 0.3) is 0 Å². The van der Waals surface area contributed by atoms with Crippen LogP contribution in [0.5, 0.6) is 5.75 Å². The van der Waals surface area contributed by atoms with Crippen molar-refractivity contribution in [3.8, 4) is 5.75 Å². The van der Waals surface area contributed by atoms with Gasteiger partial charge in [-0.05, 0) is 18.6 Å². The van der Waals surface area contributed by atoms with Crippen LogP contribution in [-0.4, -0.2) is 16.1 Å². The molecule has 0 atom stereocenters. The molecule has 0 aliphatic rings. The van der Waals surface area contributed by atoms with Crippen molar-refractivity contribution in [1.82, 2.24) is 4.98 Å². The highest BCUT2D eigenvalue weighted by Crippen LogP contribution is 2.24. The molecular formula is C12H11NO3S. The van der Waals surface area contributed by atoms with E-state index in [0.29, 0.717) is 12.4 Å². The topological polar surface area (TPSA) is 59.4 Å². The average molecular weight is 249 g/mol. The van der Waals surface area contributed by atoms with Gasteiger partial charge in [0.05, 0.1) is 10.4 Å². The van der Waals surface area contributed by atoms with Crippen LogP contribution in [0.3, 0.4) is 0 Å². The van der Waals surface area contributed by atoms with Crippen molar-refractivity contribution in [3.05, 3.63) is 45.9 Å². The van der Waals surface area contributed by atoms with E-state index in [0.717, 1.165) is 10.4 Å². The first kappa shape index (κ1) is 11.6. The number of carboxylic acids is 1. The number of ether oxygens (including phenoxy) is 1. The van der Waals surface area contributed by atoms with Crippen LogP contribution in [0, 0.1) is 6.92 Å². The highest BCUT2D eigenvalue weighted by molar-refractivity contribution is 7.09. The van der Waals surface area contributed by atoms with E-state index in [1.165, 1.54) is 17.4 Å². The number of hydrogen-bond donors (Lipinski definition) is 1. The number of carboxylic acid groups (broad SMARTS) is 1. The van der Waals surface area contributed by atoms with E-state index in [1.54, 1.807) is 17.8 Å². The van der Waals surface area contributed by atoms with Gasteiger partial charge in [0.15, 0.2) is 0 Å². The molecule has 0 radical (unpaired) electrons. The third-order valence-electron chi connectivity index (χ3n) is 2.28. The van der Waals surface area contributed by atoms with E-state index in [2.05, 4.69) is 4.98 Å². The summed E-state index contributed by atoms with van der Waals surface area (Å²) in [6.07, 6.45) is 1.71. The first-order valence-corrected chi connectivity index (χ1v) is 5.89. The van der Waals surface area contributed by atoms with Crippen molar-refractivity contribution in [3.63, 3.8) is 0 Å². The minimum absolute atomic E-state index is 0.189. The van der Waals surface area contributed by atoms with Gasteiger partial charge in [0.2, 0.25) is 0 Å². The third-order valence-corrected chi connectivity index (χ3v) is 3.04. The molecule has 1 heterocycles. The molecule has 0 unspecified atom stereocenters. The predicted octanol–water partition coefficient (Wildman–Crippen LogP) is 2.73. The fraction of sp³-hybridized carbons (Fsp3) is 0.167. The Hall–Kier alpha value is -1.88. The van der Waals surface area contributed by atoms with Crippen molar-refractivity contribution >= 4 is 17.3 Å². The summed E-state index contributed by atoms with van der Waals surface area (Å²) in [6, 6.07) is 5.07. The summed E-state index contributed by atoms with van der Waals surface area (Å²) in [5.41, 5.74) is 2.72. The first-order valence-electron chi connectivity index (χ1n) is 5.01. The number of hydrogen-bond acceptors (Lipinski definition) is 4. The molecule has 0 amide bonds. The Morgan fingerprint density at radius 1 is 1.53 bits per heavy atom. The maximum atomic E-state index is 11.0. The van der Waals surface area contributed by atoms with E-state index >= 15 is 0 Å². The van der Waals surface area contributed by atoms with Crippen LogP contribution in [0.25, 0.3) is 0 Å². The van der Waals surface area contributed by atoms with Gasteiger partial charge in [-0.3, -0.25) is 4.98 Å². The summed E-state index contributed by atoms with van der Waals surface area (Å²) in [6.45, 7) is 2.17. The lowest BCUT2D eigenvalue weighted by molar-refractivity contribution is 0.0691. The van der Waals surface area contributed by atoms with E-state index in [9.17, 15) is 4.79 Å². The molecule has 0 saturated carbocycles. The molecule has 1 N–H and O–H groups in total. The Morgan fingerprint density at radius 2 is 2.35 bits per heavy atom. The normalized spacial score (nSPS) is 10.2. The number of para-hydroxylation sites is 1. The molecule has 4 nitrogen and oxygen atoms in total. The highest BCUT2D eigenvalue weighted by Gasteiger charge is 2.13. The number of benzene rings is 1. The summed E-state index contributed by atoms with van der Waals surface area (Å²) in [4.78, 5) is 15.9. The molecule has 0 fully saturated rings. The van der Waals surface area contributed by atoms with E-state index in [-0.39, 0.29) is 5.56 Å². The highest BCUT2D eigenvalue weighted by atomic mass is 32.1. The standard InChI is InChI=1S/C12H11NO3S/c1-8-3-2-4-10(12(14)15)11(8)16-6-9-5-13-7-17-9/h2-5,7H,6H2,1H3,(H,14,15). The van der Waals surface area contributed by atoms with Gasteiger partial charge in [0.1, 0.15) is 17.9 Å². The zero-order valence-corrected chi connectivity index (χ0v) is 10.0. The molecule has 0 aliphatic carbocycles. The zero-order chi connectivity index (χ0) is 12.3. The molecule has 0 bridgehead atoms. The first-order chi connectivity index (χ1) is 8.18. The monoisotopic (exact) mass is 249 g/mol. The maximum absolute atomic E-state index is 11.0. The summed E-state index contributed by atoms with van der Waals surface area (Å²) in [5, 5.41) is 9.06. The van der Waals surface area contributed by atoms with Crippen LogP contribution < -0.4 is 4.74 Å². The number of aryl methyl sites for hydroxylation is 1. The number of carbonyl (C=O) groups is 1. The van der Waals surface area contributed by atoms with Crippen LogP contribution >= 0.6 is 11.3 Å². The Morgan fingerprint density at radius 3 is 3.00 bits per heavy atom. The molecule has 1 aromatic heterocycles. The summed E-state index contributed by atoms with van der Waals surface area (Å²) in [5.74, 6) is -0.554. The minimum atomic E-state index is -0.979. The van der Waals surface area contributed by atoms with Crippen LogP contribution in [0.1, 0.15) is 20.8 Å². The lowest BCUT2D eigenvalue weighted by Gasteiger charge is -2.10. The van der Waals surface area contributed by atoms with Crippen molar-refractivity contribution in [1.29, 1.82) is 0 Å². The molecule has 5 heteroatoms. The smallest absolute Gasteiger partial charge is 0.339 e. The second kappa shape index (κ2) is 4.97. The van der Waals surface area contributed by atoms with Gasteiger partial charge in [-0.25, -0.2) is 4.79 Å². The number of thiazole rings is 1. The molecule has 0 saturated heterocycles. The van der Waals surface area contributed by atoms with Crippen LogP contribution in [0.4, 0.5) is 0 Å². The van der Waals surface area contributed by atoms with Crippen molar-refractivity contribution in [2.75, 3.05) is 0 Å². The Balaban J connectivity index is 2.22. The number of aromatic carboxylic acids is 1. The Bertz CT molecular complexity index is 523. The van der Waals surface area contributed by atoms with Crippen LogP contribution in [0.15, 0.2) is 29.9 Å². The molecule has 1 aromatic carbocycles. The van der Waals surface area contributed by atoms with E-state index in [4.69, 9.17) is 9.84 Å². The predicted molar refractivity (Wildman–Crippen MR) is 64.6 cm³/mol. The number of aromatic nitrogens is 1. The molecule has 17 heavy (non-hydrogen) atoms. The Labute approximate surface area is 103 Å². The fourth-order valence-corrected chi connectivity index (χ4v) is 1.97. The van der Waals surface area contributed by atoms with Gasteiger partial charge >= 0.3 is 5.97 Å². The fourth-order valence-electron chi connectivity index (χ4n) is 1.47. The second-order valence-electron chi connectivity index (χ2n) is 3.51. The maximum Gasteiger partial charge on any atom is 0.339 e. The molecule has 0 aliphatic heterocycles.